The second-order valence-electron chi connectivity index (χ2n) is 4.75. The zero-order chi connectivity index (χ0) is 12.5. The molecule has 0 amide bonds. The lowest BCUT2D eigenvalue weighted by Gasteiger charge is -2.11. The summed E-state index contributed by atoms with van der Waals surface area (Å²) in [4.78, 5) is 0. The number of benzene rings is 1. The standard InChI is InChI=1S/C14H17N3O/c1-2-17-13(9-18)15-16-14(17)12-7-10-5-3-4-6-11(10)8-12/h3-6,12,18H,2,7-9H2,1H3. The lowest BCUT2D eigenvalue weighted by Crippen LogP contribution is -2.11. The molecule has 1 aromatic carbocycles. The number of rotatable bonds is 3. The first-order valence-electron chi connectivity index (χ1n) is 6.43. The average molecular weight is 243 g/mol. The minimum absolute atomic E-state index is 0.0412. The summed E-state index contributed by atoms with van der Waals surface area (Å²) in [6.45, 7) is 2.83. The molecule has 0 bridgehead atoms. The first kappa shape index (κ1) is 11.4. The van der Waals surface area contributed by atoms with Crippen molar-refractivity contribution in [1.29, 1.82) is 0 Å². The molecular weight excluding hydrogens is 226 g/mol. The maximum absolute atomic E-state index is 9.26. The zero-order valence-electron chi connectivity index (χ0n) is 10.5. The average Bonchev–Trinajstić information content (AvgIpc) is 3.00. The number of aromatic nitrogens is 3. The molecule has 0 radical (unpaired) electrons. The Morgan fingerprint density at radius 1 is 1.22 bits per heavy atom. The van der Waals surface area contributed by atoms with Gasteiger partial charge in [0, 0.05) is 12.5 Å². The Kier molecular flexibility index (Phi) is 2.88. The predicted octanol–water partition coefficient (Wildman–Crippen LogP) is 1.67. The largest absolute Gasteiger partial charge is 0.388 e. The van der Waals surface area contributed by atoms with Crippen molar-refractivity contribution in [1.82, 2.24) is 14.8 Å². The van der Waals surface area contributed by atoms with Gasteiger partial charge in [-0.3, -0.25) is 0 Å². The van der Waals surface area contributed by atoms with Gasteiger partial charge in [0.2, 0.25) is 0 Å². The topological polar surface area (TPSA) is 50.9 Å². The Balaban J connectivity index is 1.92. The Labute approximate surface area is 106 Å². The van der Waals surface area contributed by atoms with E-state index in [-0.39, 0.29) is 6.61 Å². The molecule has 0 spiro atoms. The molecule has 0 saturated heterocycles. The molecule has 1 aliphatic rings. The molecule has 18 heavy (non-hydrogen) atoms. The third kappa shape index (κ3) is 1.73. The highest BCUT2D eigenvalue weighted by atomic mass is 16.3. The lowest BCUT2D eigenvalue weighted by atomic mass is 10.1. The van der Waals surface area contributed by atoms with Gasteiger partial charge in [0.25, 0.3) is 0 Å². The number of hydrogen-bond donors (Lipinski definition) is 1. The maximum atomic E-state index is 9.26. The van der Waals surface area contributed by atoms with Crippen LogP contribution in [0.15, 0.2) is 24.3 Å². The first-order chi connectivity index (χ1) is 8.83. The molecule has 1 aromatic heterocycles. The zero-order valence-corrected chi connectivity index (χ0v) is 10.5. The van der Waals surface area contributed by atoms with Crippen LogP contribution >= 0.6 is 0 Å². The van der Waals surface area contributed by atoms with E-state index >= 15 is 0 Å². The summed E-state index contributed by atoms with van der Waals surface area (Å²) in [5.41, 5.74) is 2.83. The molecule has 4 heteroatoms. The minimum Gasteiger partial charge on any atom is -0.388 e. The second-order valence-corrected chi connectivity index (χ2v) is 4.75. The van der Waals surface area contributed by atoms with Crippen LogP contribution in [0, 0.1) is 0 Å². The van der Waals surface area contributed by atoms with Gasteiger partial charge < -0.3 is 9.67 Å². The Morgan fingerprint density at radius 2 is 1.89 bits per heavy atom. The maximum Gasteiger partial charge on any atom is 0.158 e. The Bertz CT molecular complexity index is 537. The van der Waals surface area contributed by atoms with Crippen molar-refractivity contribution in [2.75, 3.05) is 0 Å². The molecule has 0 unspecified atom stereocenters. The molecule has 0 atom stereocenters. The van der Waals surface area contributed by atoms with E-state index in [1.165, 1.54) is 11.1 Å². The summed E-state index contributed by atoms with van der Waals surface area (Å²) in [6, 6.07) is 8.56. The van der Waals surface area contributed by atoms with Crippen LogP contribution in [0.2, 0.25) is 0 Å². The predicted molar refractivity (Wildman–Crippen MR) is 68.2 cm³/mol. The normalized spacial score (nSPS) is 15.0. The van der Waals surface area contributed by atoms with Crippen molar-refractivity contribution in [3.63, 3.8) is 0 Å². The highest BCUT2D eigenvalue weighted by Crippen LogP contribution is 2.33. The molecule has 1 N–H and O–H groups in total. The molecule has 2 aromatic rings. The van der Waals surface area contributed by atoms with Crippen LogP contribution in [0.3, 0.4) is 0 Å². The summed E-state index contributed by atoms with van der Waals surface area (Å²) in [5.74, 6) is 2.08. The molecule has 0 saturated carbocycles. The van der Waals surface area contributed by atoms with Crippen molar-refractivity contribution >= 4 is 0 Å². The van der Waals surface area contributed by atoms with Gasteiger partial charge in [-0.1, -0.05) is 24.3 Å². The van der Waals surface area contributed by atoms with Crippen LogP contribution in [-0.2, 0) is 26.0 Å². The lowest BCUT2D eigenvalue weighted by molar-refractivity contribution is 0.264. The SMILES string of the molecule is CCn1c(CO)nnc1C1Cc2ccccc2C1. The van der Waals surface area contributed by atoms with E-state index in [0.29, 0.717) is 11.7 Å². The van der Waals surface area contributed by atoms with Gasteiger partial charge in [0.1, 0.15) is 12.4 Å². The van der Waals surface area contributed by atoms with E-state index in [1.54, 1.807) is 0 Å². The minimum atomic E-state index is -0.0412. The van der Waals surface area contributed by atoms with Gasteiger partial charge >= 0.3 is 0 Å². The Hall–Kier alpha value is -1.68. The van der Waals surface area contributed by atoms with Gasteiger partial charge in [-0.25, -0.2) is 0 Å². The third-order valence-corrected chi connectivity index (χ3v) is 3.73. The molecule has 1 heterocycles. The molecule has 94 valence electrons. The van der Waals surface area contributed by atoms with Crippen molar-refractivity contribution in [2.24, 2.45) is 0 Å². The number of aliphatic hydroxyl groups excluding tert-OH is 1. The van der Waals surface area contributed by atoms with Gasteiger partial charge in [-0.15, -0.1) is 10.2 Å². The van der Waals surface area contributed by atoms with Crippen molar-refractivity contribution in [2.45, 2.75) is 38.8 Å². The fourth-order valence-corrected chi connectivity index (χ4v) is 2.85. The monoisotopic (exact) mass is 243 g/mol. The van der Waals surface area contributed by atoms with Crippen molar-refractivity contribution in [3.8, 4) is 0 Å². The van der Waals surface area contributed by atoms with E-state index in [2.05, 4.69) is 41.4 Å². The summed E-state index contributed by atoms with van der Waals surface area (Å²) < 4.78 is 2.04. The number of aliphatic hydroxyl groups is 1. The second kappa shape index (κ2) is 4.53. The van der Waals surface area contributed by atoms with E-state index in [9.17, 15) is 5.11 Å². The van der Waals surface area contributed by atoms with Crippen LogP contribution in [0.5, 0.6) is 0 Å². The Morgan fingerprint density at radius 3 is 2.44 bits per heavy atom. The van der Waals surface area contributed by atoms with Crippen LogP contribution in [0.25, 0.3) is 0 Å². The molecule has 3 rings (SSSR count). The van der Waals surface area contributed by atoms with E-state index in [4.69, 9.17) is 0 Å². The summed E-state index contributed by atoms with van der Waals surface area (Å²) in [7, 11) is 0. The smallest absolute Gasteiger partial charge is 0.158 e. The molecule has 1 aliphatic carbocycles. The van der Waals surface area contributed by atoms with Gasteiger partial charge in [-0.05, 0) is 30.9 Å². The van der Waals surface area contributed by atoms with Gasteiger partial charge in [0.05, 0.1) is 0 Å². The number of hydrogen-bond acceptors (Lipinski definition) is 3. The van der Waals surface area contributed by atoms with Gasteiger partial charge in [-0.2, -0.15) is 0 Å². The number of nitrogens with zero attached hydrogens (tertiary/aromatic N) is 3. The van der Waals surface area contributed by atoms with Crippen molar-refractivity contribution in [3.05, 3.63) is 47.0 Å². The van der Waals surface area contributed by atoms with E-state index < -0.39 is 0 Å². The summed E-state index contributed by atoms with van der Waals surface area (Å²) >= 11 is 0. The third-order valence-electron chi connectivity index (χ3n) is 3.73. The van der Waals surface area contributed by atoms with Crippen LogP contribution < -0.4 is 0 Å². The van der Waals surface area contributed by atoms with E-state index in [0.717, 1.165) is 25.2 Å². The highest BCUT2D eigenvalue weighted by Gasteiger charge is 2.27. The molecule has 0 aliphatic heterocycles. The fraction of sp³-hybridized carbons (Fsp3) is 0.429. The van der Waals surface area contributed by atoms with Crippen LogP contribution in [0.1, 0.15) is 35.6 Å². The van der Waals surface area contributed by atoms with Gasteiger partial charge in [0.15, 0.2) is 5.82 Å². The molecule has 4 nitrogen and oxygen atoms in total. The van der Waals surface area contributed by atoms with E-state index in [1.807, 2.05) is 4.57 Å². The quantitative estimate of drug-likeness (QED) is 0.892. The molecular formula is C14H17N3O. The highest BCUT2D eigenvalue weighted by molar-refractivity contribution is 5.35. The number of fused-ring (bicyclic) bond motifs is 1. The van der Waals surface area contributed by atoms with Crippen LogP contribution in [0.4, 0.5) is 0 Å². The molecule has 0 fully saturated rings. The summed E-state index contributed by atoms with van der Waals surface area (Å²) in [6.07, 6.45) is 2.06. The fourth-order valence-electron chi connectivity index (χ4n) is 2.85. The summed E-state index contributed by atoms with van der Waals surface area (Å²) in [5, 5.41) is 17.6. The first-order valence-corrected chi connectivity index (χ1v) is 6.43. The van der Waals surface area contributed by atoms with Crippen molar-refractivity contribution < 1.29 is 5.11 Å². The van der Waals surface area contributed by atoms with Crippen LogP contribution in [-0.4, -0.2) is 19.9 Å².